The summed E-state index contributed by atoms with van der Waals surface area (Å²) in [7, 11) is 0. The van der Waals surface area contributed by atoms with Crippen LogP contribution in [-0.4, -0.2) is 87.0 Å². The van der Waals surface area contributed by atoms with E-state index in [0.717, 1.165) is 113 Å². The summed E-state index contributed by atoms with van der Waals surface area (Å²) in [5, 5.41) is 6.62. The van der Waals surface area contributed by atoms with E-state index < -0.39 is 11.9 Å². The molecule has 2 aromatic rings. The van der Waals surface area contributed by atoms with E-state index in [9.17, 15) is 8.78 Å². The Morgan fingerprint density at radius 2 is 1.30 bits per heavy atom. The van der Waals surface area contributed by atoms with Crippen LogP contribution in [0.4, 0.5) is 20.4 Å². The quantitative estimate of drug-likeness (QED) is 0.235. The molecule has 0 saturated carbocycles. The third-order valence-corrected chi connectivity index (χ3v) is 7.70. The van der Waals surface area contributed by atoms with Gasteiger partial charge in [0.15, 0.2) is 0 Å². The molecule has 14 heteroatoms. The number of hydrogen-bond donors (Lipinski definition) is 4. The highest BCUT2D eigenvalue weighted by Gasteiger charge is 2.27. The van der Waals surface area contributed by atoms with Crippen LogP contribution in [0.15, 0.2) is 24.3 Å². The Bertz CT molecular complexity index is 956. The molecule has 0 spiro atoms. The Hall–Kier alpha value is -1.02. The molecule has 0 amide bonds. The fraction of sp³-hybridized carbons (Fsp3) is 0.667. The topological polar surface area (TPSA) is 139 Å². The van der Waals surface area contributed by atoms with Crippen molar-refractivity contribution in [2.45, 2.75) is 64.5 Å². The molecular weight excluding hydrogens is 800 g/mol. The van der Waals surface area contributed by atoms with E-state index in [1.54, 1.807) is 0 Å². The monoisotopic (exact) mass is 850 g/mol. The number of anilines is 2. The molecule has 5 rings (SSSR count). The maximum absolute atomic E-state index is 12.1. The SMILES string of the molecule is C1COCCN1.CC1(N)CCOCC1.CC1(Nc2cc(I)cc(N)n2)CCOCC1.CCOCC.Fc1cc(I)cc(F)n1. The molecule has 0 aromatic carbocycles. The van der Waals surface area contributed by atoms with Crippen LogP contribution in [0.2, 0.25) is 0 Å². The van der Waals surface area contributed by atoms with Gasteiger partial charge in [-0.15, -0.1) is 0 Å². The number of nitrogens with zero attached hydrogens (tertiary/aromatic N) is 2. The second-order valence-electron chi connectivity index (χ2n) is 10.7. The van der Waals surface area contributed by atoms with Crippen LogP contribution in [0.25, 0.3) is 0 Å². The van der Waals surface area contributed by atoms with E-state index in [4.69, 9.17) is 30.4 Å². The van der Waals surface area contributed by atoms with Gasteiger partial charge in [0.1, 0.15) is 11.6 Å². The fourth-order valence-corrected chi connectivity index (χ4v) is 4.96. The highest BCUT2D eigenvalue weighted by molar-refractivity contribution is 14.1. The first-order chi connectivity index (χ1) is 20.9. The third kappa shape index (κ3) is 20.9. The van der Waals surface area contributed by atoms with Gasteiger partial charge < -0.3 is 41.0 Å². The number of pyridine rings is 2. The van der Waals surface area contributed by atoms with Gasteiger partial charge >= 0.3 is 0 Å². The summed E-state index contributed by atoms with van der Waals surface area (Å²) in [5.74, 6) is -0.141. The number of nitrogens with one attached hydrogen (secondary N) is 2. The average Bonchev–Trinajstić information content (AvgIpc) is 2.95. The first-order valence-electron chi connectivity index (χ1n) is 14.9. The molecule has 2 aromatic heterocycles. The van der Waals surface area contributed by atoms with Gasteiger partial charge in [0, 0.05) is 83.1 Å². The first kappa shape index (κ1) is 41.0. The zero-order valence-corrected chi connectivity index (χ0v) is 30.7. The zero-order chi connectivity index (χ0) is 32.8. The van der Waals surface area contributed by atoms with Crippen molar-refractivity contribution < 1.29 is 27.7 Å². The predicted molar refractivity (Wildman–Crippen MR) is 189 cm³/mol. The molecule has 0 aliphatic carbocycles. The van der Waals surface area contributed by atoms with E-state index in [0.29, 0.717) is 9.39 Å². The lowest BCUT2D eigenvalue weighted by molar-refractivity contribution is 0.0594. The summed E-state index contributed by atoms with van der Waals surface area (Å²) in [6.45, 7) is 17.1. The molecule has 3 aliphatic heterocycles. The van der Waals surface area contributed by atoms with E-state index in [1.165, 1.54) is 0 Å². The molecule has 44 heavy (non-hydrogen) atoms. The number of hydrogen-bond acceptors (Lipinski definition) is 10. The molecule has 6 N–H and O–H groups in total. The number of nitrogens with two attached hydrogens (primary N) is 2. The molecule has 0 unspecified atom stereocenters. The predicted octanol–water partition coefficient (Wildman–Crippen LogP) is 5.38. The van der Waals surface area contributed by atoms with E-state index in [2.05, 4.69) is 57.0 Å². The van der Waals surface area contributed by atoms with Crippen LogP contribution in [0.1, 0.15) is 53.4 Å². The van der Waals surface area contributed by atoms with Crippen molar-refractivity contribution in [2.75, 3.05) is 77.0 Å². The highest BCUT2D eigenvalue weighted by Crippen LogP contribution is 2.25. The Morgan fingerprint density at radius 3 is 1.64 bits per heavy atom. The molecule has 10 nitrogen and oxygen atoms in total. The van der Waals surface area contributed by atoms with E-state index >= 15 is 0 Å². The average molecular weight is 851 g/mol. The number of ether oxygens (including phenoxy) is 4. The van der Waals surface area contributed by atoms with Gasteiger partial charge in [0.2, 0.25) is 11.9 Å². The Kier molecular flexibility index (Phi) is 21.7. The van der Waals surface area contributed by atoms with Crippen molar-refractivity contribution in [3.8, 4) is 0 Å². The largest absolute Gasteiger partial charge is 0.384 e. The Labute approximate surface area is 288 Å². The van der Waals surface area contributed by atoms with Crippen LogP contribution >= 0.6 is 45.2 Å². The van der Waals surface area contributed by atoms with Crippen molar-refractivity contribution in [2.24, 2.45) is 5.73 Å². The molecule has 3 fully saturated rings. The van der Waals surface area contributed by atoms with Crippen LogP contribution in [0.5, 0.6) is 0 Å². The summed E-state index contributed by atoms with van der Waals surface area (Å²) >= 11 is 4.06. The molecule has 3 aliphatic rings. The van der Waals surface area contributed by atoms with Crippen molar-refractivity contribution in [3.63, 3.8) is 0 Å². The lowest BCUT2D eigenvalue weighted by Crippen LogP contribution is -2.41. The summed E-state index contributed by atoms with van der Waals surface area (Å²) in [4.78, 5) is 7.19. The normalized spacial score (nSPS) is 18.3. The number of morpholine rings is 1. The molecule has 0 atom stereocenters. The van der Waals surface area contributed by atoms with Gasteiger partial charge in [-0.1, -0.05) is 0 Å². The standard InChI is InChI=1S/C11H16IN3O.C6H13NO.C5H2F2IN.C4H9NO.C4H10O/c1-11(2-4-16-5-3-11)15-10-7-8(12)6-9(13)14-10;1-6(7)2-4-8-5-3-6;6-4-1-3(8)2-5(7)9-4;1-3-6-4-2-5-1;1-3-5-4-2/h6-7H,2-5H2,1H3,(H3,13,14,15);2-5,7H2,1H3;1-2H;5H,1-4H2;3-4H2,1-2H3. The molecule has 5 heterocycles. The second kappa shape index (κ2) is 23.3. The van der Waals surface area contributed by atoms with Crippen LogP contribution in [-0.2, 0) is 18.9 Å². The summed E-state index contributed by atoms with van der Waals surface area (Å²) < 4.78 is 46.1. The van der Waals surface area contributed by atoms with Gasteiger partial charge in [-0.05, 0) is 111 Å². The van der Waals surface area contributed by atoms with Crippen LogP contribution in [0, 0.1) is 19.0 Å². The molecule has 0 bridgehead atoms. The third-order valence-electron chi connectivity index (χ3n) is 6.45. The van der Waals surface area contributed by atoms with Crippen molar-refractivity contribution in [3.05, 3.63) is 43.3 Å². The number of aromatic nitrogens is 2. The first-order valence-corrected chi connectivity index (χ1v) is 17.0. The van der Waals surface area contributed by atoms with Gasteiger partial charge in [0.25, 0.3) is 0 Å². The fourth-order valence-electron chi connectivity index (χ4n) is 3.83. The summed E-state index contributed by atoms with van der Waals surface area (Å²) in [6.07, 6.45) is 4.01. The molecule has 3 saturated heterocycles. The maximum atomic E-state index is 12.1. The highest BCUT2D eigenvalue weighted by atomic mass is 127. The minimum absolute atomic E-state index is 0.0538. The smallest absolute Gasteiger partial charge is 0.216 e. The lowest BCUT2D eigenvalue weighted by atomic mass is 9.92. The van der Waals surface area contributed by atoms with Gasteiger partial charge in [-0.25, -0.2) is 4.98 Å². The zero-order valence-electron chi connectivity index (χ0n) is 26.4. The summed E-state index contributed by atoms with van der Waals surface area (Å²) in [6, 6.07) is 6.18. The second-order valence-corrected chi connectivity index (χ2v) is 13.2. The Balaban J connectivity index is 0.000000296. The maximum Gasteiger partial charge on any atom is 0.216 e. The minimum atomic E-state index is -0.778. The van der Waals surface area contributed by atoms with Crippen molar-refractivity contribution >= 4 is 56.8 Å². The minimum Gasteiger partial charge on any atom is -0.384 e. The summed E-state index contributed by atoms with van der Waals surface area (Å²) in [5.41, 5.74) is 11.7. The number of nitrogen functional groups attached to an aromatic ring is 1. The van der Waals surface area contributed by atoms with Crippen LogP contribution in [0.3, 0.4) is 0 Å². The van der Waals surface area contributed by atoms with E-state index in [1.807, 2.05) is 48.6 Å². The molecular formula is C30H50F2I2N6O4. The molecule has 252 valence electrons. The van der Waals surface area contributed by atoms with Crippen molar-refractivity contribution in [1.82, 2.24) is 15.3 Å². The van der Waals surface area contributed by atoms with Gasteiger partial charge in [-0.3, -0.25) is 0 Å². The van der Waals surface area contributed by atoms with Crippen molar-refractivity contribution in [1.29, 1.82) is 0 Å². The molecule has 0 radical (unpaired) electrons. The van der Waals surface area contributed by atoms with E-state index in [-0.39, 0.29) is 11.1 Å². The van der Waals surface area contributed by atoms with Gasteiger partial charge in [0.05, 0.1) is 13.2 Å². The van der Waals surface area contributed by atoms with Crippen LogP contribution < -0.4 is 22.1 Å². The lowest BCUT2D eigenvalue weighted by Gasteiger charge is -2.35. The Morgan fingerprint density at radius 1 is 0.818 bits per heavy atom. The van der Waals surface area contributed by atoms with Gasteiger partial charge in [-0.2, -0.15) is 13.8 Å². The number of halogens is 4. The number of rotatable bonds is 4.